The number of carboxylic acid groups (broad SMARTS) is 1. The molecule has 0 unspecified atom stereocenters. The number of hydrogen-bond donors (Lipinski definition) is 3. The van der Waals surface area contributed by atoms with Gasteiger partial charge in [-0.1, -0.05) is 97.1 Å². The van der Waals surface area contributed by atoms with Gasteiger partial charge in [-0.25, -0.2) is 14.4 Å². The fraction of sp³-hybridized carbons (Fsp3) is 0.108. The second kappa shape index (κ2) is 11.7. The molecule has 0 radical (unpaired) electrons. The largest absolute Gasteiger partial charge is 0.478 e. The summed E-state index contributed by atoms with van der Waals surface area (Å²) < 4.78 is 11.3. The lowest BCUT2D eigenvalue weighted by Crippen LogP contribution is -2.21. The summed E-state index contributed by atoms with van der Waals surface area (Å²) in [5.41, 5.74) is 8.89. The number of ether oxygens (including phenoxy) is 2. The van der Waals surface area contributed by atoms with Crippen LogP contribution < -0.4 is 10.6 Å². The zero-order valence-electron chi connectivity index (χ0n) is 24.0. The third-order valence-corrected chi connectivity index (χ3v) is 8.43. The number of carbonyl (C=O) groups is 3. The Bertz CT molecular complexity index is 1880. The second-order valence-electron chi connectivity index (χ2n) is 11.0. The Hall–Kier alpha value is -5.89. The molecule has 0 aromatic heterocycles. The van der Waals surface area contributed by atoms with E-state index < -0.39 is 18.2 Å². The third-order valence-electron chi connectivity index (χ3n) is 8.43. The van der Waals surface area contributed by atoms with E-state index in [-0.39, 0.29) is 42.0 Å². The number of carboxylic acids is 1. The maximum atomic E-state index is 13.0. The average Bonchev–Trinajstić information content (AvgIpc) is 3.56. The fourth-order valence-corrected chi connectivity index (χ4v) is 6.38. The van der Waals surface area contributed by atoms with Crippen LogP contribution in [0.25, 0.3) is 22.3 Å². The van der Waals surface area contributed by atoms with E-state index in [1.165, 1.54) is 18.2 Å². The molecule has 2 aliphatic rings. The van der Waals surface area contributed by atoms with Gasteiger partial charge in [-0.05, 0) is 62.7 Å². The quantitative estimate of drug-likeness (QED) is 0.175. The highest BCUT2D eigenvalue weighted by atomic mass is 16.6. The van der Waals surface area contributed by atoms with E-state index in [1.54, 1.807) is 0 Å². The summed E-state index contributed by atoms with van der Waals surface area (Å²) >= 11 is 0. The Labute approximate surface area is 259 Å². The standard InChI is InChI=1S/C37H28N2O6/c40-35(41)22-17-18-33(38-36(42)44-20-31-27-13-5-1-9-23(27)24-10-2-6-14-28(24)31)34(19-22)39-37(43)45-21-32-29-15-7-3-11-25(29)26-12-4-8-16-30(26)32/h1-19,31-32H,20-21H2,(H,38,42)(H,39,43)(H,40,41). The van der Waals surface area contributed by atoms with E-state index in [1.807, 2.05) is 84.9 Å². The van der Waals surface area contributed by atoms with Gasteiger partial charge in [0.05, 0.1) is 16.9 Å². The van der Waals surface area contributed by atoms with Crippen LogP contribution in [0, 0.1) is 0 Å². The van der Waals surface area contributed by atoms with Crippen molar-refractivity contribution in [2.45, 2.75) is 11.8 Å². The summed E-state index contributed by atoms with van der Waals surface area (Å²) in [7, 11) is 0. The first-order chi connectivity index (χ1) is 22.0. The summed E-state index contributed by atoms with van der Waals surface area (Å²) in [6.45, 7) is 0.176. The van der Waals surface area contributed by atoms with Crippen LogP contribution in [0.5, 0.6) is 0 Å². The lowest BCUT2D eigenvalue weighted by molar-refractivity contribution is 0.0696. The first-order valence-electron chi connectivity index (χ1n) is 14.6. The highest BCUT2D eigenvalue weighted by molar-refractivity contribution is 5.98. The van der Waals surface area contributed by atoms with Crippen molar-refractivity contribution in [2.75, 3.05) is 23.8 Å². The fourth-order valence-electron chi connectivity index (χ4n) is 6.38. The molecule has 0 aliphatic heterocycles. The number of carbonyl (C=O) groups excluding carboxylic acids is 2. The van der Waals surface area contributed by atoms with Crippen molar-refractivity contribution in [3.63, 3.8) is 0 Å². The molecule has 8 nitrogen and oxygen atoms in total. The maximum absolute atomic E-state index is 13.0. The van der Waals surface area contributed by atoms with Crippen LogP contribution in [-0.4, -0.2) is 36.5 Å². The summed E-state index contributed by atoms with van der Waals surface area (Å²) in [5, 5.41) is 14.8. The predicted octanol–water partition coefficient (Wildman–Crippen LogP) is 8.11. The smallest absolute Gasteiger partial charge is 0.411 e. The average molecular weight is 597 g/mol. The highest BCUT2D eigenvalue weighted by Crippen LogP contribution is 2.45. The Morgan fingerprint density at radius 3 is 1.31 bits per heavy atom. The van der Waals surface area contributed by atoms with Gasteiger partial charge >= 0.3 is 18.2 Å². The number of fused-ring (bicyclic) bond motifs is 6. The molecule has 5 aromatic carbocycles. The zero-order chi connectivity index (χ0) is 30.9. The predicted molar refractivity (Wildman–Crippen MR) is 171 cm³/mol. The first-order valence-corrected chi connectivity index (χ1v) is 14.6. The molecule has 0 fully saturated rings. The Morgan fingerprint density at radius 1 is 0.533 bits per heavy atom. The molecular formula is C37H28N2O6. The van der Waals surface area contributed by atoms with Crippen molar-refractivity contribution >= 4 is 29.5 Å². The number of anilines is 2. The molecule has 0 heterocycles. The van der Waals surface area contributed by atoms with E-state index in [4.69, 9.17) is 9.47 Å². The molecule has 0 atom stereocenters. The second-order valence-corrected chi connectivity index (χ2v) is 11.0. The van der Waals surface area contributed by atoms with E-state index in [2.05, 4.69) is 22.8 Å². The lowest BCUT2D eigenvalue weighted by Gasteiger charge is -2.17. The Kier molecular flexibility index (Phi) is 7.23. The van der Waals surface area contributed by atoms with Crippen molar-refractivity contribution in [1.29, 1.82) is 0 Å². The summed E-state index contributed by atoms with van der Waals surface area (Å²) in [5.74, 6) is -1.46. The van der Waals surface area contributed by atoms with Gasteiger partial charge in [0.1, 0.15) is 13.2 Å². The molecule has 0 spiro atoms. The van der Waals surface area contributed by atoms with Gasteiger partial charge in [0.2, 0.25) is 0 Å². The van der Waals surface area contributed by atoms with Gasteiger partial charge in [0.15, 0.2) is 0 Å². The lowest BCUT2D eigenvalue weighted by atomic mass is 9.98. The maximum Gasteiger partial charge on any atom is 0.411 e. The minimum absolute atomic E-state index is 0.0676. The highest BCUT2D eigenvalue weighted by Gasteiger charge is 2.30. The van der Waals surface area contributed by atoms with Crippen LogP contribution in [0.1, 0.15) is 44.4 Å². The summed E-state index contributed by atoms with van der Waals surface area (Å²) in [6, 6.07) is 36.1. The van der Waals surface area contributed by atoms with Crippen LogP contribution in [0.2, 0.25) is 0 Å². The van der Waals surface area contributed by atoms with E-state index in [0.29, 0.717) is 0 Å². The Balaban J connectivity index is 1.04. The van der Waals surface area contributed by atoms with Gasteiger partial charge in [0.25, 0.3) is 0 Å². The van der Waals surface area contributed by atoms with Gasteiger partial charge in [-0.2, -0.15) is 0 Å². The first kappa shape index (κ1) is 27.9. The van der Waals surface area contributed by atoms with Crippen molar-refractivity contribution in [3.05, 3.63) is 143 Å². The van der Waals surface area contributed by atoms with Gasteiger partial charge < -0.3 is 14.6 Å². The molecule has 7 rings (SSSR count). The number of nitrogens with one attached hydrogen (secondary N) is 2. The minimum atomic E-state index is -1.18. The topological polar surface area (TPSA) is 114 Å². The normalized spacial score (nSPS) is 12.8. The molecule has 0 saturated heterocycles. The van der Waals surface area contributed by atoms with Gasteiger partial charge in [-0.15, -0.1) is 0 Å². The monoisotopic (exact) mass is 596 g/mol. The molecular weight excluding hydrogens is 568 g/mol. The van der Waals surface area contributed by atoms with Crippen molar-refractivity contribution < 1.29 is 29.0 Å². The van der Waals surface area contributed by atoms with Crippen LogP contribution in [0.15, 0.2) is 115 Å². The molecule has 0 bridgehead atoms. The van der Waals surface area contributed by atoms with Crippen LogP contribution in [0.3, 0.4) is 0 Å². The number of rotatable bonds is 7. The molecule has 0 saturated carbocycles. The minimum Gasteiger partial charge on any atom is -0.478 e. The Morgan fingerprint density at radius 2 is 0.911 bits per heavy atom. The summed E-state index contributed by atoms with van der Waals surface area (Å²) in [6.07, 6.45) is -1.52. The SMILES string of the molecule is O=C(Nc1ccc(C(=O)O)cc1NC(=O)OCC1c2ccccc2-c2ccccc21)OCC1c2ccccc2-c2ccccc21. The van der Waals surface area contributed by atoms with Crippen LogP contribution >= 0.6 is 0 Å². The molecule has 2 amide bonds. The van der Waals surface area contributed by atoms with Crippen molar-refractivity contribution in [3.8, 4) is 22.3 Å². The third kappa shape index (κ3) is 5.27. The number of hydrogen-bond acceptors (Lipinski definition) is 5. The molecule has 8 heteroatoms. The van der Waals surface area contributed by atoms with E-state index in [9.17, 15) is 19.5 Å². The molecule has 5 aromatic rings. The van der Waals surface area contributed by atoms with Gasteiger partial charge in [-0.3, -0.25) is 10.6 Å². The van der Waals surface area contributed by atoms with Crippen LogP contribution in [0.4, 0.5) is 21.0 Å². The number of aromatic carboxylic acids is 1. The summed E-state index contributed by atoms with van der Waals surface area (Å²) in [4.78, 5) is 37.7. The molecule has 3 N–H and O–H groups in total. The van der Waals surface area contributed by atoms with Crippen molar-refractivity contribution in [1.82, 2.24) is 0 Å². The number of amides is 2. The molecule has 45 heavy (non-hydrogen) atoms. The molecule has 2 aliphatic carbocycles. The molecule has 222 valence electrons. The zero-order valence-corrected chi connectivity index (χ0v) is 24.0. The van der Waals surface area contributed by atoms with Crippen LogP contribution in [-0.2, 0) is 9.47 Å². The van der Waals surface area contributed by atoms with E-state index in [0.717, 1.165) is 44.5 Å². The van der Waals surface area contributed by atoms with E-state index >= 15 is 0 Å². The van der Waals surface area contributed by atoms with Crippen molar-refractivity contribution in [2.24, 2.45) is 0 Å². The van der Waals surface area contributed by atoms with Gasteiger partial charge in [0, 0.05) is 11.8 Å². The number of benzene rings is 5.